The number of nitrogens with zero attached hydrogens (tertiary/aromatic N) is 4. The summed E-state index contributed by atoms with van der Waals surface area (Å²) in [6.07, 6.45) is 3.61. The lowest BCUT2D eigenvalue weighted by atomic mass is 10.1. The second-order valence-electron chi connectivity index (χ2n) is 5.23. The third-order valence-corrected chi connectivity index (χ3v) is 4.54. The van der Waals surface area contributed by atoms with Gasteiger partial charge in [-0.1, -0.05) is 60.3 Å². The SMILES string of the molecule is c1ccc(-c2nn(-c3ccccc3)cc2CSc2ncn[nH]2)cc1. The van der Waals surface area contributed by atoms with Gasteiger partial charge in [0.05, 0.1) is 11.4 Å². The van der Waals surface area contributed by atoms with E-state index in [0.29, 0.717) is 0 Å². The summed E-state index contributed by atoms with van der Waals surface area (Å²) in [5.41, 5.74) is 4.31. The highest BCUT2D eigenvalue weighted by Crippen LogP contribution is 2.28. The molecule has 0 amide bonds. The topological polar surface area (TPSA) is 59.4 Å². The number of aromatic amines is 1. The summed E-state index contributed by atoms with van der Waals surface area (Å²) in [5, 5.41) is 12.4. The lowest BCUT2D eigenvalue weighted by molar-refractivity contribution is 0.884. The number of nitrogens with one attached hydrogen (secondary N) is 1. The van der Waals surface area contributed by atoms with Crippen molar-refractivity contribution in [2.24, 2.45) is 0 Å². The molecular weight excluding hydrogens is 318 g/mol. The quantitative estimate of drug-likeness (QED) is 0.562. The molecule has 0 bridgehead atoms. The minimum atomic E-state index is 0.770. The van der Waals surface area contributed by atoms with Crippen molar-refractivity contribution in [1.29, 1.82) is 0 Å². The number of aromatic nitrogens is 5. The van der Waals surface area contributed by atoms with Crippen molar-refractivity contribution in [1.82, 2.24) is 25.0 Å². The van der Waals surface area contributed by atoms with Crippen molar-refractivity contribution >= 4 is 11.8 Å². The summed E-state index contributed by atoms with van der Waals surface area (Å²) in [5.74, 6) is 0.770. The number of rotatable bonds is 5. The van der Waals surface area contributed by atoms with Gasteiger partial charge in [0.1, 0.15) is 6.33 Å². The maximum Gasteiger partial charge on any atom is 0.183 e. The van der Waals surface area contributed by atoms with E-state index >= 15 is 0 Å². The molecule has 0 saturated heterocycles. The summed E-state index contributed by atoms with van der Waals surface area (Å²) in [6, 6.07) is 20.4. The fraction of sp³-hybridized carbons (Fsp3) is 0.0556. The molecule has 1 N–H and O–H groups in total. The molecule has 0 radical (unpaired) electrons. The fourth-order valence-corrected chi connectivity index (χ4v) is 3.22. The number of thioether (sulfide) groups is 1. The van der Waals surface area contributed by atoms with Crippen LogP contribution in [0.3, 0.4) is 0 Å². The second kappa shape index (κ2) is 6.72. The molecule has 2 aromatic carbocycles. The summed E-state index contributed by atoms with van der Waals surface area (Å²) in [7, 11) is 0. The van der Waals surface area contributed by atoms with Crippen molar-refractivity contribution in [2.45, 2.75) is 10.9 Å². The molecule has 0 aliphatic carbocycles. The van der Waals surface area contributed by atoms with Crippen molar-refractivity contribution in [3.8, 4) is 16.9 Å². The minimum absolute atomic E-state index is 0.770. The van der Waals surface area contributed by atoms with Gasteiger partial charge >= 0.3 is 0 Å². The highest BCUT2D eigenvalue weighted by Gasteiger charge is 2.13. The summed E-state index contributed by atoms with van der Waals surface area (Å²) in [6.45, 7) is 0. The molecule has 0 spiro atoms. The Bertz CT molecular complexity index is 901. The Labute approximate surface area is 143 Å². The van der Waals surface area contributed by atoms with Gasteiger partial charge in [-0.05, 0) is 12.1 Å². The monoisotopic (exact) mass is 333 g/mol. The van der Waals surface area contributed by atoms with Crippen LogP contribution < -0.4 is 0 Å². The molecule has 5 nitrogen and oxygen atoms in total. The van der Waals surface area contributed by atoms with Gasteiger partial charge in [-0.15, -0.1) is 0 Å². The van der Waals surface area contributed by atoms with E-state index in [-0.39, 0.29) is 0 Å². The number of hydrogen-bond donors (Lipinski definition) is 1. The fourth-order valence-electron chi connectivity index (χ4n) is 2.48. The summed E-state index contributed by atoms with van der Waals surface area (Å²) < 4.78 is 1.93. The van der Waals surface area contributed by atoms with Gasteiger partial charge in [0.25, 0.3) is 0 Å². The van der Waals surface area contributed by atoms with Crippen LogP contribution in [0.5, 0.6) is 0 Å². The van der Waals surface area contributed by atoms with Gasteiger partial charge in [-0.3, -0.25) is 5.10 Å². The van der Waals surface area contributed by atoms with Gasteiger partial charge < -0.3 is 0 Å². The van der Waals surface area contributed by atoms with Gasteiger partial charge in [0.2, 0.25) is 0 Å². The van der Waals surface area contributed by atoms with E-state index in [1.54, 1.807) is 11.8 Å². The Balaban J connectivity index is 1.71. The Morgan fingerprint density at radius 1 is 0.958 bits per heavy atom. The van der Waals surface area contributed by atoms with E-state index in [4.69, 9.17) is 5.10 Å². The van der Waals surface area contributed by atoms with E-state index in [9.17, 15) is 0 Å². The van der Waals surface area contributed by atoms with Gasteiger partial charge in [-0.2, -0.15) is 10.2 Å². The molecule has 0 atom stereocenters. The normalized spacial score (nSPS) is 10.8. The van der Waals surface area contributed by atoms with Crippen LogP contribution in [0.15, 0.2) is 78.3 Å². The maximum atomic E-state index is 4.81. The summed E-state index contributed by atoms with van der Waals surface area (Å²) >= 11 is 1.62. The lowest BCUT2D eigenvalue weighted by Gasteiger charge is -2.01. The highest BCUT2D eigenvalue weighted by atomic mass is 32.2. The van der Waals surface area contributed by atoms with Crippen LogP contribution in [0.1, 0.15) is 5.56 Å². The predicted molar refractivity (Wildman–Crippen MR) is 94.9 cm³/mol. The van der Waals surface area contributed by atoms with Crippen molar-refractivity contribution in [3.05, 3.63) is 78.8 Å². The molecule has 0 unspecified atom stereocenters. The Kier molecular flexibility index (Phi) is 4.12. The van der Waals surface area contributed by atoms with Crippen molar-refractivity contribution in [2.75, 3.05) is 0 Å². The summed E-state index contributed by atoms with van der Waals surface area (Å²) in [4.78, 5) is 4.17. The third-order valence-electron chi connectivity index (χ3n) is 3.62. The maximum absolute atomic E-state index is 4.81. The van der Waals surface area contributed by atoms with Gasteiger partial charge in [0.15, 0.2) is 5.16 Å². The molecule has 6 heteroatoms. The first-order chi connectivity index (χ1) is 11.9. The Morgan fingerprint density at radius 2 is 1.71 bits per heavy atom. The van der Waals surface area contributed by atoms with E-state index in [1.807, 2.05) is 41.1 Å². The molecule has 4 aromatic rings. The van der Waals surface area contributed by atoms with E-state index in [0.717, 1.165) is 33.4 Å². The van der Waals surface area contributed by atoms with E-state index < -0.39 is 0 Å². The number of H-pyrrole nitrogens is 1. The standard InChI is InChI=1S/C18H15N5S/c1-3-7-14(8-4-1)17-15(12-24-18-19-13-20-21-18)11-23(22-17)16-9-5-2-6-10-16/h1-11,13H,12H2,(H,19,20,21). The Hall–Kier alpha value is -2.86. The van der Waals surface area contributed by atoms with Crippen LogP contribution in [-0.2, 0) is 5.75 Å². The molecule has 2 aromatic heterocycles. The van der Waals surface area contributed by atoms with Crippen LogP contribution in [0.25, 0.3) is 16.9 Å². The molecule has 0 fully saturated rings. The zero-order valence-electron chi connectivity index (χ0n) is 12.8. The molecule has 0 aliphatic heterocycles. The van der Waals surface area contributed by atoms with Crippen LogP contribution in [0.4, 0.5) is 0 Å². The van der Waals surface area contributed by atoms with Crippen LogP contribution >= 0.6 is 11.8 Å². The lowest BCUT2D eigenvalue weighted by Crippen LogP contribution is -1.93. The Morgan fingerprint density at radius 3 is 2.42 bits per heavy atom. The van der Waals surface area contributed by atoms with Crippen molar-refractivity contribution < 1.29 is 0 Å². The smallest absolute Gasteiger partial charge is 0.183 e. The molecule has 4 rings (SSSR count). The molecule has 118 valence electrons. The van der Waals surface area contributed by atoms with Gasteiger partial charge in [0, 0.05) is 23.1 Å². The average Bonchev–Trinajstić information content (AvgIpc) is 3.31. The van der Waals surface area contributed by atoms with E-state index in [2.05, 4.69) is 45.6 Å². The first-order valence-corrected chi connectivity index (χ1v) is 8.56. The zero-order valence-corrected chi connectivity index (χ0v) is 13.6. The third kappa shape index (κ3) is 3.09. The largest absolute Gasteiger partial charge is 0.254 e. The predicted octanol–water partition coefficient (Wildman–Crippen LogP) is 3.95. The first kappa shape index (κ1) is 14.7. The molecule has 0 saturated carbocycles. The van der Waals surface area contributed by atoms with Crippen molar-refractivity contribution in [3.63, 3.8) is 0 Å². The zero-order chi connectivity index (χ0) is 16.2. The average molecular weight is 333 g/mol. The molecule has 0 aliphatic rings. The van der Waals surface area contributed by atoms with Crippen LogP contribution in [-0.4, -0.2) is 25.0 Å². The van der Waals surface area contributed by atoms with E-state index in [1.165, 1.54) is 6.33 Å². The second-order valence-corrected chi connectivity index (χ2v) is 6.19. The molecule has 24 heavy (non-hydrogen) atoms. The number of benzene rings is 2. The minimum Gasteiger partial charge on any atom is -0.254 e. The number of hydrogen-bond acceptors (Lipinski definition) is 4. The van der Waals surface area contributed by atoms with Gasteiger partial charge in [-0.25, -0.2) is 9.67 Å². The van der Waals surface area contributed by atoms with Crippen LogP contribution in [0.2, 0.25) is 0 Å². The molecule has 2 heterocycles. The molecular formula is C18H15N5S. The number of para-hydroxylation sites is 1. The first-order valence-electron chi connectivity index (χ1n) is 7.58. The highest BCUT2D eigenvalue weighted by molar-refractivity contribution is 7.98. The van der Waals surface area contributed by atoms with Crippen LogP contribution in [0, 0.1) is 0 Å².